The first-order valence-electron chi connectivity index (χ1n) is 11.0. The molecule has 8 nitrogen and oxygen atoms in total. The Hall–Kier alpha value is -3.50. The number of aryl methyl sites for hydroxylation is 3. The van der Waals surface area contributed by atoms with Crippen molar-refractivity contribution in [2.45, 2.75) is 39.7 Å². The molecule has 4 rings (SSSR count). The van der Waals surface area contributed by atoms with Gasteiger partial charge in [0.25, 0.3) is 17.8 Å². The largest absolute Gasteiger partial charge is 0.453 e. The molecule has 1 atom stereocenters. The van der Waals surface area contributed by atoms with Gasteiger partial charge in [-0.2, -0.15) is 4.39 Å². The van der Waals surface area contributed by atoms with E-state index < -0.39 is 12.0 Å². The van der Waals surface area contributed by atoms with Crippen LogP contribution in [-0.2, 0) is 12.6 Å². The number of H-pyrrole nitrogens is 1. The molecule has 0 saturated carbocycles. The molecule has 0 aliphatic carbocycles. The fourth-order valence-corrected chi connectivity index (χ4v) is 4.97. The van der Waals surface area contributed by atoms with Gasteiger partial charge in [-0.3, -0.25) is 14.6 Å². The second-order valence-corrected chi connectivity index (χ2v) is 10.1. The van der Waals surface area contributed by atoms with Gasteiger partial charge in [-0.15, -0.1) is 11.3 Å². The highest BCUT2D eigenvalue weighted by Crippen LogP contribution is 2.45. The van der Waals surface area contributed by atoms with Crippen LogP contribution in [0, 0.1) is 13.8 Å². The first-order chi connectivity index (χ1) is 16.4. The molecule has 0 saturated heterocycles. The van der Waals surface area contributed by atoms with Crippen LogP contribution in [0.5, 0.6) is 5.75 Å². The number of thiophene rings is 1. The minimum absolute atomic E-state index is 0.159. The number of aromatic amines is 1. The summed E-state index contributed by atoms with van der Waals surface area (Å²) in [6, 6.07) is 5.00. The van der Waals surface area contributed by atoms with Gasteiger partial charge in [-0.05, 0) is 51.0 Å². The van der Waals surface area contributed by atoms with Gasteiger partial charge in [0.1, 0.15) is 22.7 Å². The van der Waals surface area contributed by atoms with Gasteiger partial charge in [0, 0.05) is 42.3 Å². The van der Waals surface area contributed by atoms with E-state index in [1.807, 2.05) is 13.0 Å². The Morgan fingerprint density at radius 2 is 2.03 bits per heavy atom. The number of amides is 1. The maximum Gasteiger partial charge on any atom is 0.281 e. The molecule has 4 aromatic rings. The molecule has 0 radical (unpaired) electrons. The molecule has 0 aliphatic heterocycles. The summed E-state index contributed by atoms with van der Waals surface area (Å²) in [6.45, 7) is 6.89. The number of halogens is 1. The third-order valence-electron chi connectivity index (χ3n) is 5.68. The maximum absolute atomic E-state index is 15.4. The van der Waals surface area contributed by atoms with Crippen LogP contribution >= 0.6 is 11.3 Å². The highest BCUT2D eigenvalue weighted by atomic mass is 32.1. The predicted molar refractivity (Wildman–Crippen MR) is 134 cm³/mol. The Kier molecular flexibility index (Phi) is 6.29. The zero-order chi connectivity index (χ0) is 25.7. The number of hydrogen-bond donors (Lipinski definition) is 3. The molecule has 184 valence electrons. The van der Waals surface area contributed by atoms with Gasteiger partial charge >= 0.3 is 0 Å². The Bertz CT molecular complexity index is 1500. The third kappa shape index (κ3) is 4.59. The molecular weight excluding hydrogens is 471 g/mol. The van der Waals surface area contributed by atoms with Crippen molar-refractivity contribution in [3.63, 3.8) is 0 Å². The van der Waals surface area contributed by atoms with Gasteiger partial charge in [0.05, 0.1) is 10.5 Å². The van der Waals surface area contributed by atoms with Crippen LogP contribution in [0.3, 0.4) is 0 Å². The zero-order valence-electron chi connectivity index (χ0n) is 20.3. The number of fused-ring (bicyclic) bond motifs is 1. The van der Waals surface area contributed by atoms with Crippen LogP contribution in [-0.4, -0.2) is 32.6 Å². The second-order valence-electron chi connectivity index (χ2n) is 9.02. The van der Waals surface area contributed by atoms with E-state index in [2.05, 4.69) is 15.3 Å². The predicted octanol–water partition coefficient (Wildman–Crippen LogP) is 4.24. The number of ether oxygens (including phenoxy) is 1. The van der Waals surface area contributed by atoms with E-state index >= 15 is 4.39 Å². The summed E-state index contributed by atoms with van der Waals surface area (Å²) in [4.78, 5) is 33.1. The lowest BCUT2D eigenvalue weighted by molar-refractivity contribution is 0.0615. The van der Waals surface area contributed by atoms with E-state index in [1.165, 1.54) is 23.0 Å². The van der Waals surface area contributed by atoms with Crippen molar-refractivity contribution >= 4 is 28.1 Å². The molecule has 35 heavy (non-hydrogen) atoms. The average molecular weight is 499 g/mol. The topological polar surface area (TPSA) is 109 Å². The van der Waals surface area contributed by atoms with E-state index in [-0.39, 0.29) is 34.1 Å². The Labute approximate surface area is 205 Å². The molecule has 1 unspecified atom stereocenters. The van der Waals surface area contributed by atoms with Gasteiger partial charge < -0.3 is 24.7 Å². The normalized spacial score (nSPS) is 12.7. The number of pyridine rings is 2. The number of carbonyl (C=O) groups is 1. The zero-order valence-corrected chi connectivity index (χ0v) is 21.1. The monoisotopic (exact) mass is 498 g/mol. The van der Waals surface area contributed by atoms with E-state index in [9.17, 15) is 14.7 Å². The molecule has 4 aromatic heterocycles. The summed E-state index contributed by atoms with van der Waals surface area (Å²) >= 11 is 1.22. The molecule has 0 bridgehead atoms. The van der Waals surface area contributed by atoms with Crippen molar-refractivity contribution < 1.29 is 19.0 Å². The minimum Gasteiger partial charge on any atom is -0.453 e. The average Bonchev–Trinajstić information content (AvgIpc) is 3.41. The Morgan fingerprint density at radius 1 is 1.31 bits per heavy atom. The summed E-state index contributed by atoms with van der Waals surface area (Å²) in [5, 5.41) is 13.7. The third-order valence-corrected chi connectivity index (χ3v) is 7.15. The lowest BCUT2D eigenvalue weighted by Crippen LogP contribution is -2.19. The molecule has 0 aliphatic rings. The van der Waals surface area contributed by atoms with Gasteiger partial charge in [-0.1, -0.05) is 6.07 Å². The number of aromatic nitrogens is 3. The van der Waals surface area contributed by atoms with Crippen molar-refractivity contribution in [2.75, 3.05) is 7.05 Å². The summed E-state index contributed by atoms with van der Waals surface area (Å²) in [7, 11) is 3.09. The molecule has 1 amide bonds. The molecule has 0 fully saturated rings. The summed E-state index contributed by atoms with van der Waals surface area (Å²) in [6.07, 6.45) is 1.34. The lowest BCUT2D eigenvalue weighted by Gasteiger charge is -2.15. The molecule has 0 spiro atoms. The van der Waals surface area contributed by atoms with Crippen molar-refractivity contribution in [3.05, 3.63) is 68.3 Å². The van der Waals surface area contributed by atoms with Gasteiger partial charge in [-0.25, -0.2) is 0 Å². The van der Waals surface area contributed by atoms with E-state index in [0.717, 1.165) is 5.56 Å². The second kappa shape index (κ2) is 8.94. The number of hydrogen-bond acceptors (Lipinski definition) is 6. The minimum atomic E-state index is -1.85. The van der Waals surface area contributed by atoms with Crippen molar-refractivity contribution in [1.82, 2.24) is 19.9 Å². The molecule has 4 heterocycles. The standard InChI is InChI=1S/C25H27FN4O4S/c1-12-7-13(2)19(28-10-12)22(26)34-17-9-18(25(3,4)33)35-21(17)15-11-30(6)24(32)20-14(15)8-16(29-20)23(31)27-5/h7-11,22,29,33H,1-6H3,(H,27,31). The van der Waals surface area contributed by atoms with Crippen LogP contribution < -0.4 is 15.6 Å². The van der Waals surface area contributed by atoms with Crippen LogP contribution in [0.15, 0.2) is 35.4 Å². The first kappa shape index (κ1) is 24.6. The quantitative estimate of drug-likeness (QED) is 0.368. The van der Waals surface area contributed by atoms with Crippen LogP contribution in [0.25, 0.3) is 21.3 Å². The molecule has 10 heteroatoms. The number of aliphatic hydroxyl groups is 1. The number of rotatable bonds is 6. The Morgan fingerprint density at radius 3 is 2.66 bits per heavy atom. The number of nitrogens with one attached hydrogen (secondary N) is 2. The van der Waals surface area contributed by atoms with Crippen molar-refractivity contribution in [3.8, 4) is 16.2 Å². The van der Waals surface area contributed by atoms with Crippen molar-refractivity contribution in [1.29, 1.82) is 0 Å². The smallest absolute Gasteiger partial charge is 0.281 e. The molecular formula is C25H27FN4O4S. The lowest BCUT2D eigenvalue weighted by atomic mass is 10.1. The van der Waals surface area contributed by atoms with E-state index in [0.29, 0.717) is 26.3 Å². The number of carbonyl (C=O) groups excluding carboxylic acids is 1. The van der Waals surface area contributed by atoms with Gasteiger partial charge in [0.15, 0.2) is 0 Å². The maximum atomic E-state index is 15.4. The fourth-order valence-electron chi connectivity index (χ4n) is 3.85. The highest BCUT2D eigenvalue weighted by molar-refractivity contribution is 7.16. The van der Waals surface area contributed by atoms with Crippen LogP contribution in [0.1, 0.15) is 52.4 Å². The fraction of sp³-hybridized carbons (Fsp3) is 0.320. The number of alkyl halides is 1. The Balaban J connectivity index is 1.91. The van der Waals surface area contributed by atoms with Crippen molar-refractivity contribution in [2.24, 2.45) is 7.05 Å². The molecule has 3 N–H and O–H groups in total. The number of nitrogens with zero attached hydrogens (tertiary/aromatic N) is 2. The van der Waals surface area contributed by atoms with E-state index in [4.69, 9.17) is 4.74 Å². The molecule has 0 aromatic carbocycles. The SMILES string of the molecule is CNC(=O)c1cc2c(-c3sc(C(C)(C)O)cc3OC(F)c3ncc(C)cc3C)cn(C)c(=O)c2[nH]1. The first-order valence-corrected chi connectivity index (χ1v) is 11.8. The summed E-state index contributed by atoms with van der Waals surface area (Å²) in [5.74, 6) is -0.178. The van der Waals surface area contributed by atoms with Gasteiger partial charge in [0.2, 0.25) is 0 Å². The highest BCUT2D eigenvalue weighted by Gasteiger charge is 2.27. The van der Waals surface area contributed by atoms with E-state index in [1.54, 1.807) is 52.3 Å². The van der Waals surface area contributed by atoms with Crippen LogP contribution in [0.2, 0.25) is 0 Å². The van der Waals surface area contributed by atoms with Crippen LogP contribution in [0.4, 0.5) is 4.39 Å². The summed E-state index contributed by atoms with van der Waals surface area (Å²) in [5.41, 5.74) is 1.21. The summed E-state index contributed by atoms with van der Waals surface area (Å²) < 4.78 is 22.5.